The predicted octanol–water partition coefficient (Wildman–Crippen LogP) is 13.6. The Bertz CT molecular complexity index is 2030. The van der Waals surface area contributed by atoms with Gasteiger partial charge in [0.05, 0.1) is 0 Å². The van der Waals surface area contributed by atoms with Crippen LogP contribution in [-0.2, 0) is 17.3 Å². The third kappa shape index (κ3) is 8.23. The van der Waals surface area contributed by atoms with E-state index < -0.39 is 0 Å². The van der Waals surface area contributed by atoms with Crippen molar-refractivity contribution in [1.82, 2.24) is 0 Å². The van der Waals surface area contributed by atoms with Gasteiger partial charge >= 0.3 is 0 Å². The maximum absolute atomic E-state index is 6.65. The number of benzene rings is 4. The van der Waals surface area contributed by atoms with E-state index in [4.69, 9.17) is 18.4 Å². The minimum atomic E-state index is 0.0883. The van der Waals surface area contributed by atoms with Gasteiger partial charge in [-0.3, -0.25) is 0 Å². The first-order valence-corrected chi connectivity index (χ1v) is 19.3. The minimum absolute atomic E-state index is 0.0883. The fraction of sp³-hybridized carbons (Fsp3) is 0.347. The van der Waals surface area contributed by atoms with Gasteiger partial charge in [0.15, 0.2) is 0 Å². The molecule has 0 bridgehead atoms. The number of allylic oxidation sites excluding steroid dienone is 6. The fourth-order valence-electron chi connectivity index (χ4n) is 8.05. The Kier molecular flexibility index (Phi) is 11.8. The summed E-state index contributed by atoms with van der Waals surface area (Å²) in [4.78, 5) is 1.04. The van der Waals surface area contributed by atoms with Crippen LogP contribution in [0.2, 0.25) is 0 Å². The predicted molar refractivity (Wildman–Crippen MR) is 227 cm³/mol. The van der Waals surface area contributed by atoms with E-state index in [0.717, 1.165) is 29.9 Å². The molecule has 0 spiro atoms. The van der Waals surface area contributed by atoms with Crippen LogP contribution in [0.15, 0.2) is 113 Å². The van der Waals surface area contributed by atoms with Crippen molar-refractivity contribution in [1.29, 1.82) is 0 Å². The van der Waals surface area contributed by atoms with Gasteiger partial charge in [-0.15, -0.1) is 12.6 Å². The van der Waals surface area contributed by atoms with Gasteiger partial charge in [-0.2, -0.15) is 0 Å². The monoisotopic (exact) mass is 693 g/mol. The van der Waals surface area contributed by atoms with E-state index in [-0.39, 0.29) is 10.8 Å². The number of rotatable bonds is 10. The summed E-state index contributed by atoms with van der Waals surface area (Å²) in [7, 11) is 0. The molecule has 1 nitrogen and oxygen atoms in total. The number of fused-ring (bicyclic) bond motifs is 1. The Morgan fingerprint density at radius 2 is 1.49 bits per heavy atom. The summed E-state index contributed by atoms with van der Waals surface area (Å²) >= 11 is 5.14. The van der Waals surface area contributed by atoms with Gasteiger partial charge in [-0.25, -0.2) is 0 Å². The first kappa shape index (κ1) is 38.2. The summed E-state index contributed by atoms with van der Waals surface area (Å²) in [6, 6.07) is 27.3. The molecule has 4 aromatic carbocycles. The van der Waals surface area contributed by atoms with E-state index in [1.54, 1.807) is 0 Å². The highest BCUT2D eigenvalue weighted by molar-refractivity contribution is 7.80. The van der Waals surface area contributed by atoms with Crippen LogP contribution in [0.4, 0.5) is 0 Å². The summed E-state index contributed by atoms with van der Waals surface area (Å²) in [5.41, 5.74) is 25.9. The Balaban J connectivity index is 1.92. The second-order valence-corrected chi connectivity index (χ2v) is 16.6. The zero-order chi connectivity index (χ0) is 37.1. The van der Waals surface area contributed by atoms with Crippen molar-refractivity contribution in [3.05, 3.63) is 158 Å². The average molecular weight is 694 g/mol. The number of nitrogens with two attached hydrogens (primary N) is 1. The molecule has 0 aromatic heterocycles. The largest absolute Gasteiger partial charge is 0.399 e. The molecule has 1 aliphatic carbocycles. The zero-order valence-electron chi connectivity index (χ0n) is 32.8. The van der Waals surface area contributed by atoms with Gasteiger partial charge in [0.25, 0.3) is 0 Å². The maximum atomic E-state index is 6.65. The van der Waals surface area contributed by atoms with Crippen LogP contribution < -0.4 is 5.73 Å². The van der Waals surface area contributed by atoms with Crippen LogP contribution in [-0.4, -0.2) is 0 Å². The summed E-state index contributed by atoms with van der Waals surface area (Å²) < 4.78 is 0. The maximum Gasteiger partial charge on any atom is 0.0316 e. The molecule has 0 atom stereocenters. The zero-order valence-corrected chi connectivity index (χ0v) is 33.7. The fourth-order valence-corrected chi connectivity index (χ4v) is 8.30. The molecule has 0 fully saturated rings. The molecule has 0 saturated heterocycles. The van der Waals surface area contributed by atoms with Crippen LogP contribution in [0.1, 0.15) is 124 Å². The summed E-state index contributed by atoms with van der Waals surface area (Å²) in [5.74, 6) is 0. The van der Waals surface area contributed by atoms with Gasteiger partial charge in [0.2, 0.25) is 0 Å². The van der Waals surface area contributed by atoms with Gasteiger partial charge in [0, 0.05) is 10.6 Å². The van der Waals surface area contributed by atoms with Crippen molar-refractivity contribution in [3.63, 3.8) is 0 Å². The number of hydrogen-bond donors (Lipinski definition) is 2. The van der Waals surface area contributed by atoms with Crippen LogP contribution in [0.25, 0.3) is 22.3 Å². The van der Waals surface area contributed by atoms with Gasteiger partial charge in [0.1, 0.15) is 0 Å². The molecule has 2 N–H and O–H groups in total. The highest BCUT2D eigenvalue weighted by Gasteiger charge is 2.38. The molecule has 4 aromatic rings. The molecule has 0 radical (unpaired) electrons. The van der Waals surface area contributed by atoms with Crippen molar-refractivity contribution in [2.45, 2.75) is 117 Å². The number of thiol groups is 1. The van der Waals surface area contributed by atoms with Gasteiger partial charge in [-0.05, 0) is 150 Å². The second-order valence-electron chi connectivity index (χ2n) is 16.1. The highest BCUT2D eigenvalue weighted by atomic mass is 32.1. The van der Waals surface area contributed by atoms with Gasteiger partial charge < -0.3 is 5.73 Å². The quantitative estimate of drug-likeness (QED) is 0.125. The van der Waals surface area contributed by atoms with Crippen LogP contribution in [0, 0.1) is 20.8 Å². The highest BCUT2D eigenvalue weighted by Crippen LogP contribution is 2.49. The normalized spacial score (nSPS) is 16.3. The molecule has 266 valence electrons. The molecule has 0 aliphatic heterocycles. The van der Waals surface area contributed by atoms with Gasteiger partial charge in [-0.1, -0.05) is 137 Å². The summed E-state index contributed by atoms with van der Waals surface area (Å²) in [6.45, 7) is 23.1. The van der Waals surface area contributed by atoms with E-state index in [1.807, 2.05) is 25.2 Å². The molecule has 0 saturated carbocycles. The first-order chi connectivity index (χ1) is 24.2. The molecule has 1 aliphatic rings. The standard InChI is InChI=1S/C49H59NS/c1-11-13-22-39(50)29-38(36-20-15-14-16-21-36)28-34(5)46(45-33(4)19-17-23-40(45)42-27-32(3)26-35(6)47(42)51)41-31-44-43(30-37(41)18-12-2)48(7,8)24-25-49(44,9)10/h11,13-17,19-23,26-27,29-31,51H,12,18,24-25,28,50H2,1-10H3/b13-11+,38-29+,39-22+,46-34-. The van der Waals surface area contributed by atoms with Crippen molar-refractivity contribution in [2.24, 2.45) is 5.73 Å². The van der Waals surface area contributed by atoms with Crippen molar-refractivity contribution in [3.8, 4) is 11.1 Å². The van der Waals surface area contributed by atoms with E-state index in [2.05, 4.69) is 141 Å². The minimum Gasteiger partial charge on any atom is -0.399 e. The lowest BCUT2D eigenvalue weighted by Gasteiger charge is -2.43. The second kappa shape index (κ2) is 15.7. The molecule has 2 heteroatoms. The van der Waals surface area contributed by atoms with Crippen molar-refractivity contribution >= 4 is 23.8 Å². The van der Waals surface area contributed by atoms with Crippen LogP contribution in [0.5, 0.6) is 0 Å². The van der Waals surface area contributed by atoms with E-state index in [1.165, 1.54) is 90.8 Å². The number of hydrogen-bond acceptors (Lipinski definition) is 2. The average Bonchev–Trinajstić information content (AvgIpc) is 3.09. The Morgan fingerprint density at radius 3 is 2.14 bits per heavy atom. The Hall–Kier alpha value is -4.01. The van der Waals surface area contributed by atoms with Crippen LogP contribution in [0.3, 0.4) is 0 Å². The summed E-state index contributed by atoms with van der Waals surface area (Å²) in [6.07, 6.45) is 13.4. The third-order valence-corrected chi connectivity index (χ3v) is 11.6. The number of aryl methyl sites for hydroxylation is 4. The van der Waals surface area contributed by atoms with Crippen molar-refractivity contribution in [2.75, 3.05) is 0 Å². The molecule has 51 heavy (non-hydrogen) atoms. The SMILES string of the molecule is C/C=C/C=C(N)\C=C(/C/C(C)=C(/c1cc2c(cc1CCC)C(C)(C)CCC2(C)C)c1c(C)cccc1-c1cc(C)cc(C)c1S)c1ccccc1. The lowest BCUT2D eigenvalue weighted by atomic mass is 9.62. The smallest absolute Gasteiger partial charge is 0.0316 e. The molecule has 0 heterocycles. The van der Waals surface area contributed by atoms with E-state index in [0.29, 0.717) is 0 Å². The molecule has 0 unspecified atom stereocenters. The van der Waals surface area contributed by atoms with E-state index in [9.17, 15) is 0 Å². The lowest BCUT2D eigenvalue weighted by molar-refractivity contribution is 0.331. The molecule has 0 amide bonds. The van der Waals surface area contributed by atoms with E-state index >= 15 is 0 Å². The van der Waals surface area contributed by atoms with Crippen LogP contribution >= 0.6 is 12.6 Å². The molecular weight excluding hydrogens is 635 g/mol. The molecule has 5 rings (SSSR count). The molecular formula is C49H59NS. The Labute approximate surface area is 314 Å². The first-order valence-electron chi connectivity index (χ1n) is 18.8. The van der Waals surface area contributed by atoms with Crippen molar-refractivity contribution < 1.29 is 0 Å². The summed E-state index contributed by atoms with van der Waals surface area (Å²) in [5, 5.41) is 0. The topological polar surface area (TPSA) is 26.0 Å². The lowest BCUT2D eigenvalue weighted by Crippen LogP contribution is -2.34. The third-order valence-electron chi connectivity index (χ3n) is 11.0. The Morgan fingerprint density at radius 1 is 0.824 bits per heavy atom.